The van der Waals surface area contributed by atoms with Crippen molar-refractivity contribution in [1.29, 1.82) is 0 Å². The van der Waals surface area contributed by atoms with E-state index in [0.717, 1.165) is 12.8 Å². The smallest absolute Gasteiger partial charge is 0.211 e. The van der Waals surface area contributed by atoms with Crippen molar-refractivity contribution in [2.24, 2.45) is 4.99 Å². The molecule has 13 heavy (non-hydrogen) atoms. The van der Waals surface area contributed by atoms with Gasteiger partial charge < -0.3 is 0 Å². The second-order valence-electron chi connectivity index (χ2n) is 3.22. The summed E-state index contributed by atoms with van der Waals surface area (Å²) in [6.07, 6.45) is 10.3. The van der Waals surface area contributed by atoms with Crippen LogP contribution in [0.1, 0.15) is 59.8 Å². The summed E-state index contributed by atoms with van der Waals surface area (Å²) in [4.78, 5) is 13.8. The van der Waals surface area contributed by atoms with Crippen molar-refractivity contribution in [2.75, 3.05) is 0 Å². The average molecular weight is 185 g/mol. The Morgan fingerprint density at radius 1 is 0.923 bits per heavy atom. The van der Waals surface area contributed by atoms with Crippen molar-refractivity contribution in [2.45, 2.75) is 65.8 Å². The molecule has 1 saturated carbocycles. The number of hydrogen-bond acceptors (Lipinski definition) is 2. The molecule has 0 heterocycles. The fourth-order valence-corrected chi connectivity index (χ4v) is 1.64. The van der Waals surface area contributed by atoms with Crippen molar-refractivity contribution < 1.29 is 4.79 Å². The van der Waals surface area contributed by atoms with Crippen LogP contribution < -0.4 is 0 Å². The van der Waals surface area contributed by atoms with E-state index in [4.69, 9.17) is 0 Å². The molecule has 0 saturated heterocycles. The molecular formula is C11H23NO. The molecule has 0 atom stereocenters. The molecule has 0 N–H and O–H groups in total. The van der Waals surface area contributed by atoms with E-state index in [0.29, 0.717) is 0 Å². The Bertz CT molecular complexity index is 142. The summed E-state index contributed by atoms with van der Waals surface area (Å²) in [5.74, 6) is 0. The van der Waals surface area contributed by atoms with E-state index >= 15 is 0 Å². The van der Waals surface area contributed by atoms with E-state index in [1.54, 1.807) is 6.08 Å². The molecule has 1 fully saturated rings. The monoisotopic (exact) mass is 185 g/mol. The van der Waals surface area contributed by atoms with Crippen LogP contribution in [0.15, 0.2) is 4.99 Å². The lowest BCUT2D eigenvalue weighted by Crippen LogP contribution is -2.06. The molecule has 0 aliphatic heterocycles. The summed E-state index contributed by atoms with van der Waals surface area (Å²) in [5.41, 5.74) is 0. The second kappa shape index (κ2) is 9.47. The Hall–Kier alpha value is -0.620. The third kappa shape index (κ3) is 6.53. The highest BCUT2D eigenvalue weighted by Crippen LogP contribution is 2.18. The van der Waals surface area contributed by atoms with Crippen molar-refractivity contribution in [3.63, 3.8) is 0 Å². The summed E-state index contributed by atoms with van der Waals surface area (Å²) in [6.45, 7) is 0. The maximum absolute atomic E-state index is 9.98. The first-order valence-electron chi connectivity index (χ1n) is 4.50. The van der Waals surface area contributed by atoms with Gasteiger partial charge in [-0.05, 0) is 12.8 Å². The highest BCUT2D eigenvalue weighted by Gasteiger charge is 2.08. The zero-order chi connectivity index (χ0) is 7.94. The van der Waals surface area contributed by atoms with Gasteiger partial charge in [0.1, 0.15) is 0 Å². The van der Waals surface area contributed by atoms with Crippen molar-refractivity contribution >= 4 is 6.08 Å². The molecule has 0 spiro atoms. The van der Waals surface area contributed by atoms with E-state index in [-0.39, 0.29) is 20.9 Å². The number of rotatable bonds is 1. The van der Waals surface area contributed by atoms with Gasteiger partial charge in [0.15, 0.2) is 0 Å². The van der Waals surface area contributed by atoms with E-state index in [1.165, 1.54) is 32.1 Å². The largest absolute Gasteiger partial charge is 0.235 e. The van der Waals surface area contributed by atoms with Crippen LogP contribution in [0.4, 0.5) is 0 Å². The number of isocyanates is 1. The second-order valence-corrected chi connectivity index (χ2v) is 3.22. The van der Waals surface area contributed by atoms with E-state index in [1.807, 2.05) is 0 Å². The van der Waals surface area contributed by atoms with Crippen LogP contribution >= 0.6 is 0 Å². The van der Waals surface area contributed by atoms with Gasteiger partial charge in [-0.2, -0.15) is 0 Å². The predicted molar refractivity (Wildman–Crippen MR) is 57.7 cm³/mol. The highest BCUT2D eigenvalue weighted by atomic mass is 16.1. The van der Waals surface area contributed by atoms with Gasteiger partial charge in [0, 0.05) is 0 Å². The van der Waals surface area contributed by atoms with Gasteiger partial charge in [0.2, 0.25) is 6.08 Å². The maximum atomic E-state index is 9.98. The summed E-state index contributed by atoms with van der Waals surface area (Å²) in [5, 5.41) is 0. The van der Waals surface area contributed by atoms with Gasteiger partial charge in [-0.15, -0.1) is 0 Å². The molecule has 0 radical (unpaired) electrons. The molecule has 0 unspecified atom stereocenters. The first-order chi connectivity index (χ1) is 5.43. The molecule has 2 nitrogen and oxygen atoms in total. The minimum absolute atomic E-state index is 0. The first kappa shape index (κ1) is 14.9. The van der Waals surface area contributed by atoms with Gasteiger partial charge in [0.05, 0.1) is 6.04 Å². The number of carbonyl (C=O) groups excluding carboxylic acids is 1. The Kier molecular flexibility index (Phi) is 10.8. The normalized spacial score (nSPS) is 18.2. The minimum atomic E-state index is 0. The molecule has 0 aromatic rings. The van der Waals surface area contributed by atoms with Gasteiger partial charge in [-0.1, -0.05) is 47.0 Å². The lowest BCUT2D eigenvalue weighted by molar-refractivity contribution is 0.451. The molecule has 0 bridgehead atoms. The predicted octanol–water partition coefficient (Wildman–Crippen LogP) is 3.71. The highest BCUT2D eigenvalue weighted by molar-refractivity contribution is 5.33. The van der Waals surface area contributed by atoms with Gasteiger partial charge >= 0.3 is 0 Å². The molecular weight excluding hydrogens is 162 g/mol. The van der Waals surface area contributed by atoms with Crippen molar-refractivity contribution in [3.8, 4) is 0 Å². The van der Waals surface area contributed by atoms with Crippen molar-refractivity contribution in [3.05, 3.63) is 0 Å². The van der Waals surface area contributed by atoms with Gasteiger partial charge in [-0.3, -0.25) is 0 Å². The number of aliphatic imine (C=N–C) groups is 1. The van der Waals surface area contributed by atoms with Crippen LogP contribution in [-0.4, -0.2) is 12.1 Å². The van der Waals surface area contributed by atoms with Crippen LogP contribution in [-0.2, 0) is 4.79 Å². The Labute approximate surface area is 82.5 Å². The molecule has 0 aromatic carbocycles. The van der Waals surface area contributed by atoms with Crippen LogP contribution in [0, 0.1) is 0 Å². The lowest BCUT2D eigenvalue weighted by Gasteiger charge is -2.13. The molecule has 2 heteroatoms. The Balaban J connectivity index is 0. The summed E-state index contributed by atoms with van der Waals surface area (Å²) < 4.78 is 0. The molecule has 1 aliphatic rings. The Morgan fingerprint density at radius 3 is 1.85 bits per heavy atom. The fourth-order valence-electron chi connectivity index (χ4n) is 1.64. The van der Waals surface area contributed by atoms with Crippen LogP contribution in [0.2, 0.25) is 0 Å². The van der Waals surface area contributed by atoms with E-state index in [9.17, 15) is 4.79 Å². The minimum Gasteiger partial charge on any atom is -0.211 e. The topological polar surface area (TPSA) is 29.4 Å². The fraction of sp³-hybridized carbons (Fsp3) is 0.909. The molecule has 1 rings (SSSR count). The standard InChI is InChI=1S/C9H15NO.2CH4/c11-8-10-9-6-4-2-1-3-5-7-9;;/h9H,1-7H2;2*1H4. The zero-order valence-electron chi connectivity index (χ0n) is 6.88. The summed E-state index contributed by atoms with van der Waals surface area (Å²) in [6, 6.07) is 0.285. The van der Waals surface area contributed by atoms with Crippen LogP contribution in [0.3, 0.4) is 0 Å². The molecule has 1 aliphatic carbocycles. The third-order valence-electron chi connectivity index (χ3n) is 2.31. The Morgan fingerprint density at radius 2 is 1.38 bits per heavy atom. The van der Waals surface area contributed by atoms with Crippen LogP contribution in [0.5, 0.6) is 0 Å². The lowest BCUT2D eigenvalue weighted by atomic mass is 9.97. The maximum Gasteiger partial charge on any atom is 0.235 e. The van der Waals surface area contributed by atoms with Gasteiger partial charge in [0.25, 0.3) is 0 Å². The van der Waals surface area contributed by atoms with Gasteiger partial charge in [-0.25, -0.2) is 9.79 Å². The number of hydrogen-bond donors (Lipinski definition) is 0. The quantitative estimate of drug-likeness (QED) is 0.452. The number of nitrogens with zero attached hydrogens (tertiary/aromatic N) is 1. The van der Waals surface area contributed by atoms with Crippen molar-refractivity contribution in [1.82, 2.24) is 0 Å². The molecule has 78 valence electrons. The molecule has 0 amide bonds. The summed E-state index contributed by atoms with van der Waals surface area (Å²) in [7, 11) is 0. The summed E-state index contributed by atoms with van der Waals surface area (Å²) >= 11 is 0. The molecule has 0 aromatic heterocycles. The average Bonchev–Trinajstić information content (AvgIpc) is 1.94. The third-order valence-corrected chi connectivity index (χ3v) is 2.31. The van der Waals surface area contributed by atoms with E-state index < -0.39 is 0 Å². The zero-order valence-corrected chi connectivity index (χ0v) is 6.88. The first-order valence-corrected chi connectivity index (χ1v) is 4.50. The van der Waals surface area contributed by atoms with Crippen LogP contribution in [0.25, 0.3) is 0 Å². The van der Waals surface area contributed by atoms with E-state index in [2.05, 4.69) is 4.99 Å². The SMILES string of the molecule is C.C.O=C=NC1CCCCCCC1.